The maximum atomic E-state index is 12.6. The first-order valence-electron chi connectivity index (χ1n) is 10.2. The van der Waals surface area contributed by atoms with E-state index in [1.807, 2.05) is 37.3 Å². The Morgan fingerprint density at radius 3 is 2.64 bits per heavy atom. The summed E-state index contributed by atoms with van der Waals surface area (Å²) in [6.45, 7) is 8.59. The molecule has 5 nitrogen and oxygen atoms in total. The highest BCUT2D eigenvalue weighted by Crippen LogP contribution is 2.34. The van der Waals surface area contributed by atoms with E-state index in [0.29, 0.717) is 12.5 Å². The number of anilines is 1. The zero-order valence-corrected chi connectivity index (χ0v) is 17.7. The molecule has 0 saturated heterocycles. The Bertz CT molecular complexity index is 793. The summed E-state index contributed by atoms with van der Waals surface area (Å²) in [5, 5.41) is 12.4. The highest BCUT2D eigenvalue weighted by atomic mass is 32.2. The standard InChI is InChI=1S/C22H30N4OS/c1-4-15-26-20(18-9-7-6-8-10-18)24-25-22(26)28-16(3)21(27)23-19-13-11-17(5-2)12-14-19/h4,11-14,16,18H,1,5-10,15H2,2-3H3,(H,23,27). The zero-order valence-electron chi connectivity index (χ0n) is 16.9. The molecule has 1 heterocycles. The fraction of sp³-hybridized carbons (Fsp3) is 0.500. The van der Waals surface area contributed by atoms with Gasteiger partial charge in [-0.05, 0) is 43.9 Å². The summed E-state index contributed by atoms with van der Waals surface area (Å²) in [6.07, 6.45) is 9.02. The quantitative estimate of drug-likeness (QED) is 0.491. The van der Waals surface area contributed by atoms with Crippen molar-refractivity contribution in [3.8, 4) is 0 Å². The van der Waals surface area contributed by atoms with Crippen molar-refractivity contribution >= 4 is 23.4 Å². The second-order valence-electron chi connectivity index (χ2n) is 7.37. The molecule has 1 aliphatic rings. The lowest BCUT2D eigenvalue weighted by Gasteiger charge is -2.21. The lowest BCUT2D eigenvalue weighted by Crippen LogP contribution is -2.23. The molecular formula is C22H30N4OS. The van der Waals surface area contributed by atoms with Crippen LogP contribution in [0, 0.1) is 0 Å². The van der Waals surface area contributed by atoms with Crippen molar-refractivity contribution in [2.75, 3.05) is 5.32 Å². The molecule has 1 aliphatic carbocycles. The SMILES string of the molecule is C=CCn1c(SC(C)C(=O)Nc2ccc(CC)cc2)nnc1C1CCCCC1. The molecule has 1 N–H and O–H groups in total. The number of amides is 1. The van der Waals surface area contributed by atoms with Crippen LogP contribution < -0.4 is 5.32 Å². The van der Waals surface area contributed by atoms with Gasteiger partial charge in [-0.3, -0.25) is 4.79 Å². The molecule has 0 spiro atoms. The Hall–Kier alpha value is -2.08. The van der Waals surface area contributed by atoms with Gasteiger partial charge in [-0.2, -0.15) is 0 Å². The molecule has 0 radical (unpaired) electrons. The maximum Gasteiger partial charge on any atom is 0.237 e. The first kappa shape index (κ1) is 20.6. The molecule has 3 rings (SSSR count). The fourth-order valence-electron chi connectivity index (χ4n) is 3.63. The number of nitrogens with zero attached hydrogens (tertiary/aromatic N) is 3. The molecule has 1 aromatic carbocycles. The molecule has 1 fully saturated rings. The van der Waals surface area contributed by atoms with E-state index in [2.05, 4.69) is 33.6 Å². The minimum absolute atomic E-state index is 0.0263. The van der Waals surface area contributed by atoms with Crippen LogP contribution in [0.3, 0.4) is 0 Å². The van der Waals surface area contributed by atoms with Gasteiger partial charge in [0.25, 0.3) is 0 Å². The van der Waals surface area contributed by atoms with E-state index in [0.717, 1.165) is 23.1 Å². The van der Waals surface area contributed by atoms with Crippen LogP contribution in [0.4, 0.5) is 5.69 Å². The number of thioether (sulfide) groups is 1. The minimum Gasteiger partial charge on any atom is -0.325 e. The van der Waals surface area contributed by atoms with Gasteiger partial charge >= 0.3 is 0 Å². The number of hydrogen-bond donors (Lipinski definition) is 1. The summed E-state index contributed by atoms with van der Waals surface area (Å²) >= 11 is 1.46. The molecule has 1 amide bonds. The maximum absolute atomic E-state index is 12.6. The molecule has 1 saturated carbocycles. The van der Waals surface area contributed by atoms with Crippen molar-refractivity contribution in [3.05, 3.63) is 48.3 Å². The Morgan fingerprint density at radius 1 is 1.29 bits per heavy atom. The number of aryl methyl sites for hydroxylation is 1. The third-order valence-electron chi connectivity index (χ3n) is 5.31. The van der Waals surface area contributed by atoms with Gasteiger partial charge < -0.3 is 9.88 Å². The molecule has 0 aliphatic heterocycles. The normalized spacial score (nSPS) is 15.9. The second kappa shape index (κ2) is 9.92. The number of nitrogens with one attached hydrogen (secondary N) is 1. The molecular weight excluding hydrogens is 368 g/mol. The molecule has 1 atom stereocenters. The summed E-state index contributed by atoms with van der Waals surface area (Å²) in [5.41, 5.74) is 2.08. The van der Waals surface area contributed by atoms with Crippen LogP contribution in [0.1, 0.15) is 63.3 Å². The average molecular weight is 399 g/mol. The molecule has 2 aromatic rings. The van der Waals surface area contributed by atoms with E-state index in [4.69, 9.17) is 0 Å². The van der Waals surface area contributed by atoms with Crippen LogP contribution in [-0.4, -0.2) is 25.9 Å². The van der Waals surface area contributed by atoms with E-state index in [9.17, 15) is 4.79 Å². The van der Waals surface area contributed by atoms with Crippen molar-refractivity contribution in [2.24, 2.45) is 0 Å². The van der Waals surface area contributed by atoms with Crippen LogP contribution >= 0.6 is 11.8 Å². The van der Waals surface area contributed by atoms with Crippen LogP contribution in [0.15, 0.2) is 42.1 Å². The van der Waals surface area contributed by atoms with E-state index >= 15 is 0 Å². The Kier molecular flexibility index (Phi) is 7.31. The van der Waals surface area contributed by atoms with Crippen LogP contribution in [-0.2, 0) is 17.8 Å². The summed E-state index contributed by atoms with van der Waals surface area (Å²) in [4.78, 5) is 12.6. The van der Waals surface area contributed by atoms with E-state index in [1.54, 1.807) is 0 Å². The number of benzene rings is 1. The van der Waals surface area contributed by atoms with Gasteiger partial charge in [0.05, 0.1) is 5.25 Å². The number of aromatic nitrogens is 3. The lowest BCUT2D eigenvalue weighted by atomic mass is 9.89. The van der Waals surface area contributed by atoms with E-state index in [-0.39, 0.29) is 11.2 Å². The predicted molar refractivity (Wildman–Crippen MR) is 116 cm³/mol. The minimum atomic E-state index is -0.266. The zero-order chi connectivity index (χ0) is 19.9. The summed E-state index contributed by atoms with van der Waals surface area (Å²) in [5.74, 6) is 1.49. The Labute approximate surface area is 172 Å². The van der Waals surface area contributed by atoms with Crippen molar-refractivity contribution in [3.63, 3.8) is 0 Å². The number of allylic oxidation sites excluding steroid dienone is 1. The van der Waals surface area contributed by atoms with Crippen LogP contribution in [0.5, 0.6) is 0 Å². The topological polar surface area (TPSA) is 59.8 Å². The number of rotatable bonds is 8. The van der Waals surface area contributed by atoms with Gasteiger partial charge in [0.1, 0.15) is 5.82 Å². The number of carbonyl (C=O) groups excluding carboxylic acids is 1. The highest BCUT2D eigenvalue weighted by Gasteiger charge is 2.25. The third kappa shape index (κ3) is 5.04. The molecule has 28 heavy (non-hydrogen) atoms. The first-order valence-corrected chi connectivity index (χ1v) is 11.1. The molecule has 1 aromatic heterocycles. The van der Waals surface area contributed by atoms with Crippen molar-refractivity contribution < 1.29 is 4.79 Å². The van der Waals surface area contributed by atoms with E-state index < -0.39 is 0 Å². The average Bonchev–Trinajstić information content (AvgIpc) is 3.11. The third-order valence-corrected chi connectivity index (χ3v) is 6.39. The Balaban J connectivity index is 1.68. The second-order valence-corrected chi connectivity index (χ2v) is 8.68. The highest BCUT2D eigenvalue weighted by molar-refractivity contribution is 8.00. The predicted octanol–water partition coefficient (Wildman–Crippen LogP) is 5.19. The summed E-state index contributed by atoms with van der Waals surface area (Å²) in [6, 6.07) is 8.00. The largest absolute Gasteiger partial charge is 0.325 e. The van der Waals surface area contributed by atoms with Gasteiger partial charge in [-0.15, -0.1) is 16.8 Å². The lowest BCUT2D eigenvalue weighted by molar-refractivity contribution is -0.115. The van der Waals surface area contributed by atoms with Crippen molar-refractivity contribution in [1.82, 2.24) is 14.8 Å². The van der Waals surface area contributed by atoms with Gasteiger partial charge in [0, 0.05) is 18.2 Å². The molecule has 150 valence electrons. The monoisotopic (exact) mass is 398 g/mol. The van der Waals surface area contributed by atoms with Crippen LogP contribution in [0.25, 0.3) is 0 Å². The van der Waals surface area contributed by atoms with E-state index in [1.165, 1.54) is 49.4 Å². The fourth-order valence-corrected chi connectivity index (χ4v) is 4.50. The van der Waals surface area contributed by atoms with Crippen LogP contribution in [0.2, 0.25) is 0 Å². The molecule has 6 heteroatoms. The first-order chi connectivity index (χ1) is 13.6. The summed E-state index contributed by atoms with van der Waals surface area (Å²) < 4.78 is 2.13. The number of hydrogen-bond acceptors (Lipinski definition) is 4. The summed E-state index contributed by atoms with van der Waals surface area (Å²) in [7, 11) is 0. The molecule has 0 bridgehead atoms. The van der Waals surface area contributed by atoms with Crippen molar-refractivity contribution in [1.29, 1.82) is 0 Å². The molecule has 1 unspecified atom stereocenters. The van der Waals surface area contributed by atoms with Gasteiger partial charge in [-0.1, -0.05) is 56.2 Å². The van der Waals surface area contributed by atoms with Crippen molar-refractivity contribution in [2.45, 2.75) is 75.2 Å². The van der Waals surface area contributed by atoms with Gasteiger partial charge in [0.2, 0.25) is 5.91 Å². The van der Waals surface area contributed by atoms with Gasteiger partial charge in [-0.25, -0.2) is 0 Å². The number of carbonyl (C=O) groups is 1. The van der Waals surface area contributed by atoms with Gasteiger partial charge in [0.15, 0.2) is 5.16 Å². The Morgan fingerprint density at radius 2 is 2.00 bits per heavy atom. The smallest absolute Gasteiger partial charge is 0.237 e.